The number of imidazole rings is 1. The van der Waals surface area contributed by atoms with Crippen LogP contribution in [0, 0.1) is 6.92 Å². The number of nitrogens with zero attached hydrogens (tertiary/aromatic N) is 6. The van der Waals surface area contributed by atoms with Crippen molar-refractivity contribution in [1.82, 2.24) is 39.9 Å². The van der Waals surface area contributed by atoms with E-state index in [-0.39, 0.29) is 11.9 Å². The third kappa shape index (κ3) is 3.82. The summed E-state index contributed by atoms with van der Waals surface area (Å²) in [5.74, 6) is 2.00. The Bertz CT molecular complexity index is 1430. The zero-order chi connectivity index (χ0) is 22.9. The van der Waals surface area contributed by atoms with Crippen LogP contribution in [0.5, 0.6) is 0 Å². The minimum absolute atomic E-state index is 0.124. The zero-order valence-corrected chi connectivity index (χ0v) is 17.9. The minimum atomic E-state index is -0.134. The Morgan fingerprint density at radius 2 is 1.79 bits per heavy atom. The largest absolute Gasteiger partial charge is 0.368 e. The summed E-state index contributed by atoms with van der Waals surface area (Å²) in [5, 5.41) is 12.8. The molecule has 0 saturated heterocycles. The lowest BCUT2D eigenvalue weighted by Crippen LogP contribution is -2.17. The van der Waals surface area contributed by atoms with Crippen molar-refractivity contribution in [3.63, 3.8) is 0 Å². The van der Waals surface area contributed by atoms with Crippen LogP contribution in [0.25, 0.3) is 28.3 Å². The van der Waals surface area contributed by atoms with Crippen molar-refractivity contribution in [2.75, 3.05) is 18.1 Å². The lowest BCUT2D eigenvalue weighted by molar-refractivity contribution is 0.0963. The van der Waals surface area contributed by atoms with Crippen molar-refractivity contribution < 1.29 is 4.79 Å². The molecule has 0 atom stereocenters. The van der Waals surface area contributed by atoms with Crippen LogP contribution >= 0.6 is 0 Å². The maximum atomic E-state index is 11.9. The smallest absolute Gasteiger partial charge is 0.251 e. The normalized spacial score (nSPS) is 11.0. The van der Waals surface area contributed by atoms with E-state index in [9.17, 15) is 4.79 Å². The minimum Gasteiger partial charge on any atom is -0.368 e. The number of amides is 1. The monoisotopic (exact) mass is 440 g/mol. The molecule has 0 fully saturated rings. The summed E-state index contributed by atoms with van der Waals surface area (Å²) >= 11 is 0. The number of pyridine rings is 1. The Morgan fingerprint density at radius 3 is 2.48 bits per heavy atom. The van der Waals surface area contributed by atoms with Crippen LogP contribution in [0.15, 0.2) is 54.9 Å². The predicted molar refractivity (Wildman–Crippen MR) is 124 cm³/mol. The fourth-order valence-electron chi connectivity index (χ4n) is 3.53. The molecular weight excluding hydrogens is 420 g/mol. The third-order valence-corrected chi connectivity index (χ3v) is 5.05. The van der Waals surface area contributed by atoms with Crippen molar-refractivity contribution in [2.24, 2.45) is 0 Å². The number of H-pyrrole nitrogens is 1. The quantitative estimate of drug-likeness (QED) is 0.325. The fourth-order valence-corrected chi connectivity index (χ4v) is 3.53. The van der Waals surface area contributed by atoms with Crippen LogP contribution in [0.2, 0.25) is 0 Å². The van der Waals surface area contributed by atoms with Gasteiger partial charge in [0.1, 0.15) is 17.2 Å². The van der Waals surface area contributed by atoms with Crippen LogP contribution in [-0.4, -0.2) is 47.5 Å². The molecular formula is C22H20N10O. The summed E-state index contributed by atoms with van der Waals surface area (Å²) in [6, 6.07) is 13.0. The Labute approximate surface area is 188 Å². The molecule has 5 aromatic rings. The number of fused-ring (bicyclic) bond motifs is 1. The molecule has 11 nitrogen and oxygen atoms in total. The van der Waals surface area contributed by atoms with E-state index < -0.39 is 0 Å². The molecule has 0 radical (unpaired) electrons. The van der Waals surface area contributed by atoms with Crippen molar-refractivity contribution in [3.8, 4) is 22.6 Å². The highest BCUT2D eigenvalue weighted by atomic mass is 16.1. The number of carbonyl (C=O) groups is 1. The Hall–Kier alpha value is -4.80. The van der Waals surface area contributed by atoms with Gasteiger partial charge in [-0.05, 0) is 42.3 Å². The van der Waals surface area contributed by atoms with Crippen LogP contribution in [-0.2, 0) is 0 Å². The second-order valence-corrected chi connectivity index (χ2v) is 7.26. The first kappa shape index (κ1) is 20.1. The first-order valence-corrected chi connectivity index (χ1v) is 10.1. The Morgan fingerprint density at radius 1 is 1.00 bits per heavy atom. The molecule has 1 aromatic carbocycles. The van der Waals surface area contributed by atoms with Gasteiger partial charge in [-0.2, -0.15) is 15.1 Å². The number of benzene rings is 1. The van der Waals surface area contributed by atoms with Gasteiger partial charge in [-0.1, -0.05) is 12.1 Å². The molecule has 5 N–H and O–H groups in total. The molecule has 4 heterocycles. The Balaban J connectivity index is 1.66. The van der Waals surface area contributed by atoms with E-state index in [1.54, 1.807) is 38.4 Å². The second kappa shape index (κ2) is 8.04. The molecule has 0 aliphatic rings. The Kier molecular flexibility index (Phi) is 4.90. The average molecular weight is 440 g/mol. The maximum absolute atomic E-state index is 11.9. The number of anilines is 3. The standard InChI is InChI=1S/C22H20N10O/c1-12-26-19(30-22(23)27-12)18-20(28-16-9-10-25-31-16)29-17-8-7-15(11-32(17)18)13-3-5-14(6-4-13)21(33)24-2/h3-11H,1-2H3,(H,24,33)(H2,25,28,31)(H2,23,26,27,30). The summed E-state index contributed by atoms with van der Waals surface area (Å²) in [6.07, 6.45) is 3.65. The molecule has 0 spiro atoms. The number of aromatic nitrogens is 7. The molecule has 0 aliphatic heterocycles. The third-order valence-electron chi connectivity index (χ3n) is 5.05. The van der Waals surface area contributed by atoms with E-state index in [0.717, 1.165) is 11.1 Å². The molecule has 11 heteroatoms. The highest BCUT2D eigenvalue weighted by molar-refractivity contribution is 5.94. The lowest BCUT2D eigenvalue weighted by Gasteiger charge is -2.08. The number of carbonyl (C=O) groups excluding carboxylic acids is 1. The highest BCUT2D eigenvalue weighted by Gasteiger charge is 2.19. The number of hydrogen-bond donors (Lipinski definition) is 4. The van der Waals surface area contributed by atoms with E-state index in [2.05, 4.69) is 35.8 Å². The molecule has 0 saturated carbocycles. The van der Waals surface area contributed by atoms with Crippen LogP contribution in [0.4, 0.5) is 17.6 Å². The van der Waals surface area contributed by atoms with Crippen molar-refractivity contribution >= 4 is 29.1 Å². The first-order chi connectivity index (χ1) is 16.0. The maximum Gasteiger partial charge on any atom is 0.251 e. The topological polar surface area (TPSA) is 152 Å². The highest BCUT2D eigenvalue weighted by Crippen LogP contribution is 2.31. The van der Waals surface area contributed by atoms with E-state index in [1.165, 1.54) is 0 Å². The van der Waals surface area contributed by atoms with Gasteiger partial charge >= 0.3 is 0 Å². The fraction of sp³-hybridized carbons (Fsp3) is 0.0909. The van der Waals surface area contributed by atoms with E-state index in [0.29, 0.717) is 40.2 Å². The predicted octanol–water partition coefficient (Wildman–Crippen LogP) is 2.57. The van der Waals surface area contributed by atoms with Gasteiger partial charge < -0.3 is 16.4 Å². The number of aromatic amines is 1. The average Bonchev–Trinajstić information content (AvgIpc) is 3.45. The summed E-state index contributed by atoms with van der Waals surface area (Å²) < 4.78 is 1.89. The van der Waals surface area contributed by atoms with E-state index >= 15 is 0 Å². The molecule has 33 heavy (non-hydrogen) atoms. The number of aryl methyl sites for hydroxylation is 1. The number of nitrogens with one attached hydrogen (secondary N) is 3. The van der Waals surface area contributed by atoms with Crippen LogP contribution < -0.4 is 16.4 Å². The number of rotatable bonds is 5. The van der Waals surface area contributed by atoms with Gasteiger partial charge in [-0.25, -0.2) is 9.97 Å². The van der Waals surface area contributed by atoms with Gasteiger partial charge in [0, 0.05) is 31.1 Å². The van der Waals surface area contributed by atoms with Crippen LogP contribution in [0.3, 0.4) is 0 Å². The number of hydrogen-bond acceptors (Lipinski definition) is 8. The molecule has 4 aromatic heterocycles. The van der Waals surface area contributed by atoms with Gasteiger partial charge in [0.2, 0.25) is 5.95 Å². The number of nitrogen functional groups attached to an aromatic ring is 1. The SMILES string of the molecule is CNC(=O)c1ccc(-c2ccc3nc(Nc4cc[nH]n4)c(-c4nc(C)nc(N)n4)n3c2)cc1. The second-order valence-electron chi connectivity index (χ2n) is 7.26. The summed E-state index contributed by atoms with van der Waals surface area (Å²) in [7, 11) is 1.61. The molecule has 1 amide bonds. The summed E-state index contributed by atoms with van der Waals surface area (Å²) in [6.45, 7) is 1.75. The molecule has 0 aliphatic carbocycles. The van der Waals surface area contributed by atoms with E-state index in [1.807, 2.05) is 34.9 Å². The molecule has 0 bridgehead atoms. The van der Waals surface area contributed by atoms with Crippen molar-refractivity contribution in [2.45, 2.75) is 6.92 Å². The van der Waals surface area contributed by atoms with Gasteiger partial charge in [0.25, 0.3) is 5.91 Å². The summed E-state index contributed by atoms with van der Waals surface area (Å²) in [5.41, 5.74) is 9.67. The van der Waals surface area contributed by atoms with E-state index in [4.69, 9.17) is 10.7 Å². The number of nitrogens with two attached hydrogens (primary N) is 1. The van der Waals surface area contributed by atoms with Crippen molar-refractivity contribution in [3.05, 3.63) is 66.2 Å². The van der Waals surface area contributed by atoms with Crippen LogP contribution in [0.1, 0.15) is 16.2 Å². The summed E-state index contributed by atoms with van der Waals surface area (Å²) in [4.78, 5) is 29.5. The molecule has 0 unspecified atom stereocenters. The molecule has 164 valence electrons. The van der Waals surface area contributed by atoms with Gasteiger partial charge in [0.15, 0.2) is 17.5 Å². The first-order valence-electron chi connectivity index (χ1n) is 10.1. The van der Waals surface area contributed by atoms with Gasteiger partial charge in [-0.15, -0.1) is 0 Å². The van der Waals surface area contributed by atoms with Gasteiger partial charge in [0.05, 0.1) is 0 Å². The lowest BCUT2D eigenvalue weighted by atomic mass is 10.1. The van der Waals surface area contributed by atoms with Gasteiger partial charge in [-0.3, -0.25) is 14.3 Å². The molecule has 5 rings (SSSR count). The van der Waals surface area contributed by atoms with Crippen molar-refractivity contribution in [1.29, 1.82) is 0 Å². The zero-order valence-electron chi connectivity index (χ0n) is 17.9.